The van der Waals surface area contributed by atoms with E-state index in [9.17, 15) is 13.6 Å². The quantitative estimate of drug-likeness (QED) is 0.844. The molecule has 0 radical (unpaired) electrons. The minimum atomic E-state index is -0.702. The lowest BCUT2D eigenvalue weighted by Crippen LogP contribution is -2.14. The summed E-state index contributed by atoms with van der Waals surface area (Å²) in [5.41, 5.74) is 0.00744. The van der Waals surface area contributed by atoms with Crippen LogP contribution in [0.1, 0.15) is 10.4 Å². The fourth-order valence-corrected chi connectivity index (χ4v) is 1.97. The van der Waals surface area contributed by atoms with Crippen LogP contribution in [0.3, 0.4) is 0 Å². The molecule has 0 saturated carbocycles. The van der Waals surface area contributed by atoms with Gasteiger partial charge >= 0.3 is 0 Å². The number of carbonyl (C=O) groups is 1. The van der Waals surface area contributed by atoms with E-state index >= 15 is 0 Å². The molecular formula is C13H7BrClF2NO. The zero-order valence-corrected chi connectivity index (χ0v) is 11.7. The van der Waals surface area contributed by atoms with E-state index in [1.807, 2.05) is 0 Å². The molecule has 0 unspecified atom stereocenters. The van der Waals surface area contributed by atoms with E-state index in [4.69, 9.17) is 11.6 Å². The fourth-order valence-electron chi connectivity index (χ4n) is 1.45. The van der Waals surface area contributed by atoms with Crippen LogP contribution in [0.25, 0.3) is 0 Å². The van der Waals surface area contributed by atoms with Crippen LogP contribution in [-0.2, 0) is 0 Å². The lowest BCUT2D eigenvalue weighted by molar-refractivity contribution is 0.102. The molecule has 2 rings (SSSR count). The Morgan fingerprint density at radius 1 is 1.16 bits per heavy atom. The Morgan fingerprint density at radius 2 is 1.89 bits per heavy atom. The fraction of sp³-hybridized carbons (Fsp3) is 0. The molecule has 0 saturated heterocycles. The van der Waals surface area contributed by atoms with E-state index in [2.05, 4.69) is 21.2 Å². The topological polar surface area (TPSA) is 29.1 Å². The van der Waals surface area contributed by atoms with Crippen molar-refractivity contribution in [2.75, 3.05) is 5.32 Å². The number of carbonyl (C=O) groups excluding carboxylic acids is 1. The van der Waals surface area contributed by atoms with Crippen molar-refractivity contribution >= 4 is 39.1 Å². The van der Waals surface area contributed by atoms with Crippen molar-refractivity contribution in [1.29, 1.82) is 0 Å². The van der Waals surface area contributed by atoms with Crippen LogP contribution in [0.5, 0.6) is 0 Å². The minimum absolute atomic E-state index is 0.205. The third-order valence-corrected chi connectivity index (χ3v) is 3.28. The maximum absolute atomic E-state index is 13.5. The molecule has 0 atom stereocenters. The maximum Gasteiger partial charge on any atom is 0.258 e. The molecule has 2 aromatic carbocycles. The average Bonchev–Trinajstić information content (AvgIpc) is 2.36. The van der Waals surface area contributed by atoms with Gasteiger partial charge < -0.3 is 5.32 Å². The van der Waals surface area contributed by atoms with Gasteiger partial charge in [-0.2, -0.15) is 0 Å². The largest absolute Gasteiger partial charge is 0.321 e. The highest BCUT2D eigenvalue weighted by molar-refractivity contribution is 9.10. The Hall–Kier alpha value is -1.46. The number of halogens is 4. The van der Waals surface area contributed by atoms with Crippen LogP contribution in [0.2, 0.25) is 5.02 Å². The highest BCUT2D eigenvalue weighted by atomic mass is 79.9. The van der Waals surface area contributed by atoms with Gasteiger partial charge in [-0.05, 0) is 52.3 Å². The van der Waals surface area contributed by atoms with E-state index in [0.29, 0.717) is 4.47 Å². The number of benzene rings is 2. The molecule has 1 N–H and O–H groups in total. The lowest BCUT2D eigenvalue weighted by Gasteiger charge is -2.08. The van der Waals surface area contributed by atoms with Gasteiger partial charge in [-0.25, -0.2) is 8.78 Å². The predicted octanol–water partition coefficient (Wildman–Crippen LogP) is 4.63. The van der Waals surface area contributed by atoms with E-state index in [1.54, 1.807) is 0 Å². The number of amides is 1. The van der Waals surface area contributed by atoms with Crippen LogP contribution in [-0.4, -0.2) is 5.91 Å². The Bertz CT molecular complexity index is 649. The smallest absolute Gasteiger partial charge is 0.258 e. The van der Waals surface area contributed by atoms with E-state index in [1.165, 1.54) is 24.3 Å². The molecule has 0 aromatic heterocycles. The first kappa shape index (κ1) is 14.0. The van der Waals surface area contributed by atoms with Gasteiger partial charge in [0.2, 0.25) is 0 Å². The number of nitrogens with one attached hydrogen (secondary N) is 1. The van der Waals surface area contributed by atoms with E-state index < -0.39 is 17.5 Å². The molecule has 19 heavy (non-hydrogen) atoms. The van der Waals surface area contributed by atoms with Crippen molar-refractivity contribution in [1.82, 2.24) is 0 Å². The predicted molar refractivity (Wildman–Crippen MR) is 73.5 cm³/mol. The monoisotopic (exact) mass is 345 g/mol. The van der Waals surface area contributed by atoms with Crippen LogP contribution in [0.4, 0.5) is 14.5 Å². The van der Waals surface area contributed by atoms with Crippen LogP contribution in [0.15, 0.2) is 40.9 Å². The zero-order valence-electron chi connectivity index (χ0n) is 9.38. The molecule has 0 aliphatic heterocycles. The Labute approximate surface area is 121 Å². The molecule has 1 amide bonds. The normalized spacial score (nSPS) is 10.3. The van der Waals surface area contributed by atoms with Gasteiger partial charge in [0.1, 0.15) is 11.6 Å². The molecule has 2 nitrogen and oxygen atoms in total. The van der Waals surface area contributed by atoms with Gasteiger partial charge in [0.25, 0.3) is 5.91 Å². The van der Waals surface area contributed by atoms with Gasteiger partial charge in [0.15, 0.2) is 0 Å². The Balaban J connectivity index is 2.30. The van der Waals surface area contributed by atoms with Gasteiger partial charge in [0.05, 0.1) is 11.3 Å². The van der Waals surface area contributed by atoms with Crippen molar-refractivity contribution in [2.45, 2.75) is 0 Å². The molecule has 0 spiro atoms. The standard InChI is InChI=1S/C13H7BrClF2NO/c14-10-3-2-8(16)6-12(10)18-13(19)9-5-7(15)1-4-11(9)17/h1-6H,(H,18,19). The van der Waals surface area contributed by atoms with Crippen molar-refractivity contribution in [3.05, 3.63) is 63.1 Å². The summed E-state index contributed by atoms with van der Waals surface area (Å²) < 4.78 is 27.1. The number of hydrogen-bond acceptors (Lipinski definition) is 1. The highest BCUT2D eigenvalue weighted by Gasteiger charge is 2.14. The summed E-state index contributed by atoms with van der Waals surface area (Å²) in [6.07, 6.45) is 0. The van der Waals surface area contributed by atoms with E-state index in [0.717, 1.165) is 12.1 Å². The summed E-state index contributed by atoms with van der Waals surface area (Å²) in [4.78, 5) is 11.9. The van der Waals surface area contributed by atoms with Crippen molar-refractivity contribution in [3.8, 4) is 0 Å². The molecule has 0 heterocycles. The van der Waals surface area contributed by atoms with Gasteiger partial charge in [-0.1, -0.05) is 11.6 Å². The van der Waals surface area contributed by atoms with Gasteiger partial charge in [-0.15, -0.1) is 0 Å². The number of hydrogen-bond donors (Lipinski definition) is 1. The van der Waals surface area contributed by atoms with Crippen LogP contribution < -0.4 is 5.32 Å². The molecular weight excluding hydrogens is 340 g/mol. The van der Waals surface area contributed by atoms with Crippen molar-refractivity contribution in [3.63, 3.8) is 0 Å². The van der Waals surface area contributed by atoms with Gasteiger partial charge in [-0.3, -0.25) is 4.79 Å². The van der Waals surface area contributed by atoms with Crippen molar-refractivity contribution in [2.24, 2.45) is 0 Å². The first-order valence-electron chi connectivity index (χ1n) is 5.19. The lowest BCUT2D eigenvalue weighted by atomic mass is 10.2. The average molecular weight is 347 g/mol. The summed E-state index contributed by atoms with van der Waals surface area (Å²) in [7, 11) is 0. The second kappa shape index (κ2) is 5.67. The number of rotatable bonds is 2. The molecule has 0 aliphatic rings. The molecule has 2 aromatic rings. The summed E-state index contributed by atoms with van der Waals surface area (Å²) in [6, 6.07) is 7.45. The Kier molecular flexibility index (Phi) is 4.17. The summed E-state index contributed by atoms with van der Waals surface area (Å²) >= 11 is 8.87. The third kappa shape index (κ3) is 3.30. The first-order chi connectivity index (χ1) is 8.97. The second-order valence-corrected chi connectivity index (χ2v) is 4.99. The minimum Gasteiger partial charge on any atom is -0.321 e. The summed E-state index contributed by atoms with van der Waals surface area (Å²) in [5, 5.41) is 2.65. The van der Waals surface area contributed by atoms with Crippen LogP contribution in [0, 0.1) is 11.6 Å². The second-order valence-electron chi connectivity index (χ2n) is 3.70. The molecule has 98 valence electrons. The van der Waals surface area contributed by atoms with Gasteiger partial charge in [0, 0.05) is 9.50 Å². The third-order valence-electron chi connectivity index (χ3n) is 2.35. The van der Waals surface area contributed by atoms with E-state index in [-0.39, 0.29) is 16.3 Å². The summed E-state index contributed by atoms with van der Waals surface area (Å²) in [6.45, 7) is 0. The molecule has 0 fully saturated rings. The molecule has 0 bridgehead atoms. The Morgan fingerprint density at radius 3 is 2.63 bits per heavy atom. The molecule has 0 aliphatic carbocycles. The highest BCUT2D eigenvalue weighted by Crippen LogP contribution is 2.24. The number of anilines is 1. The zero-order chi connectivity index (χ0) is 14.0. The maximum atomic E-state index is 13.5. The van der Waals surface area contributed by atoms with Crippen LogP contribution >= 0.6 is 27.5 Å². The summed E-state index contributed by atoms with van der Waals surface area (Å²) in [5.74, 6) is -1.91. The first-order valence-corrected chi connectivity index (χ1v) is 6.36. The molecule has 6 heteroatoms. The van der Waals surface area contributed by atoms with Crippen molar-refractivity contribution < 1.29 is 13.6 Å². The SMILES string of the molecule is O=C(Nc1cc(F)ccc1Br)c1cc(Cl)ccc1F.